The molecule has 0 unspecified atom stereocenters. The van der Waals surface area contributed by atoms with Crippen molar-refractivity contribution in [1.82, 2.24) is 15.1 Å². The minimum atomic E-state index is 0.00489. The number of carbonyl (C=O) groups excluding carboxylic acids is 2. The van der Waals surface area contributed by atoms with Crippen LogP contribution in [-0.2, 0) is 4.79 Å². The Morgan fingerprint density at radius 2 is 1.68 bits per heavy atom. The van der Waals surface area contributed by atoms with Crippen molar-refractivity contribution in [3.8, 4) is 0 Å². The summed E-state index contributed by atoms with van der Waals surface area (Å²) in [6.07, 6.45) is 5.00. The van der Waals surface area contributed by atoms with Crippen molar-refractivity contribution in [1.29, 1.82) is 5.41 Å². The smallest absolute Gasteiger partial charge is 0.253 e. The monoisotopic (exact) mass is 501 g/mol. The second-order valence-corrected chi connectivity index (χ2v) is 10.5. The summed E-state index contributed by atoms with van der Waals surface area (Å²) in [7, 11) is 1.83. The van der Waals surface area contributed by atoms with Crippen LogP contribution >= 0.6 is 0 Å². The maximum atomic E-state index is 13.3. The molecule has 0 atom stereocenters. The van der Waals surface area contributed by atoms with Crippen LogP contribution in [0.1, 0.15) is 59.7 Å². The second kappa shape index (κ2) is 11.7. The van der Waals surface area contributed by atoms with E-state index in [9.17, 15) is 9.59 Å². The molecule has 0 saturated carbocycles. The maximum absolute atomic E-state index is 13.3. The molecule has 2 amide bonds. The molecule has 2 aliphatic rings. The van der Waals surface area contributed by atoms with E-state index in [4.69, 9.17) is 5.41 Å². The Kier molecular flexibility index (Phi) is 8.44. The summed E-state index contributed by atoms with van der Waals surface area (Å²) in [5.74, 6) is 0.471. The van der Waals surface area contributed by atoms with Gasteiger partial charge in [0, 0.05) is 68.5 Å². The number of likely N-dealkylation sites (tertiary alicyclic amines) is 2. The number of nitrogens with one attached hydrogen (secondary N) is 3. The van der Waals surface area contributed by atoms with Gasteiger partial charge in [0.15, 0.2) is 0 Å². The summed E-state index contributed by atoms with van der Waals surface area (Å²) in [5, 5.41) is 13.6. The summed E-state index contributed by atoms with van der Waals surface area (Å²) >= 11 is 0. The van der Waals surface area contributed by atoms with Gasteiger partial charge >= 0.3 is 0 Å². The van der Waals surface area contributed by atoms with Crippen molar-refractivity contribution >= 4 is 29.3 Å². The third-order valence-corrected chi connectivity index (χ3v) is 7.71. The molecule has 0 aliphatic carbocycles. The van der Waals surface area contributed by atoms with Crippen molar-refractivity contribution in [2.24, 2.45) is 5.92 Å². The van der Waals surface area contributed by atoms with E-state index in [1.807, 2.05) is 43.3 Å². The molecule has 0 radical (unpaired) electrons. The Labute approximate surface area is 220 Å². The van der Waals surface area contributed by atoms with Gasteiger partial charge in [-0.05, 0) is 68.4 Å². The number of nitrogens with zero attached hydrogens (tertiary/aromatic N) is 2. The number of hydrogen-bond acceptors (Lipinski definition) is 5. The zero-order valence-electron chi connectivity index (χ0n) is 22.4. The van der Waals surface area contributed by atoms with Gasteiger partial charge in [-0.15, -0.1) is 0 Å². The molecule has 2 heterocycles. The summed E-state index contributed by atoms with van der Waals surface area (Å²) in [4.78, 5) is 30.2. The fourth-order valence-corrected chi connectivity index (χ4v) is 5.13. The number of amides is 2. The first kappa shape index (κ1) is 26.6. The van der Waals surface area contributed by atoms with Crippen LogP contribution in [0.2, 0.25) is 0 Å². The molecule has 0 aromatic heterocycles. The second-order valence-electron chi connectivity index (χ2n) is 10.5. The fourth-order valence-electron chi connectivity index (χ4n) is 5.13. The van der Waals surface area contributed by atoms with Crippen LogP contribution < -0.4 is 10.6 Å². The summed E-state index contributed by atoms with van der Waals surface area (Å²) in [6, 6.07) is 14.5. The fraction of sp³-hybridized carbons (Fsp3) is 0.433. The molecule has 196 valence electrons. The Morgan fingerprint density at radius 3 is 2.27 bits per heavy atom. The Bertz CT molecular complexity index is 1160. The molecule has 7 nitrogen and oxygen atoms in total. The number of allylic oxidation sites excluding steroid dienone is 1. The van der Waals surface area contributed by atoms with E-state index < -0.39 is 0 Å². The number of carbonyl (C=O) groups is 2. The third-order valence-electron chi connectivity index (χ3n) is 7.71. The van der Waals surface area contributed by atoms with E-state index in [1.54, 1.807) is 0 Å². The van der Waals surface area contributed by atoms with Crippen molar-refractivity contribution in [2.45, 2.75) is 45.6 Å². The van der Waals surface area contributed by atoms with Gasteiger partial charge in [-0.25, -0.2) is 0 Å². The summed E-state index contributed by atoms with van der Waals surface area (Å²) in [5.41, 5.74) is 5.44. The minimum absolute atomic E-state index is 0.00489. The Morgan fingerprint density at radius 1 is 1.03 bits per heavy atom. The van der Waals surface area contributed by atoms with Gasteiger partial charge < -0.3 is 20.9 Å². The van der Waals surface area contributed by atoms with Crippen LogP contribution in [-0.4, -0.2) is 67.1 Å². The Hall–Kier alpha value is -3.45. The SMILES string of the molecule is CN/C=C(\C=N)c1ccc(C2CCN(C(=O)c3ccc(C)c(NC(=O)C4CN(C(C)C)C4)c3)CC2)cc1. The molecular formula is C30H39N5O2. The standard InChI is InChI=1S/C30H39N5O2/c1-20(2)35-18-27(19-35)29(36)33-28-15-25(6-5-21(28)3)30(37)34-13-11-24(12-14-34)22-7-9-23(10-8-22)26(16-31)17-32-4/h5-10,15-17,20,24,27,31-32H,11-14,18-19H2,1-4H3,(H,33,36)/b26-17+,31-16?. The highest BCUT2D eigenvalue weighted by Crippen LogP contribution is 2.30. The van der Waals surface area contributed by atoms with Crippen molar-refractivity contribution < 1.29 is 9.59 Å². The molecule has 0 spiro atoms. The van der Waals surface area contributed by atoms with Crippen LogP contribution in [0.5, 0.6) is 0 Å². The molecule has 37 heavy (non-hydrogen) atoms. The first-order valence-electron chi connectivity index (χ1n) is 13.2. The number of hydrogen-bond donors (Lipinski definition) is 3. The molecule has 3 N–H and O–H groups in total. The largest absolute Gasteiger partial charge is 0.393 e. The lowest BCUT2D eigenvalue weighted by Crippen LogP contribution is -2.54. The Balaban J connectivity index is 1.34. The van der Waals surface area contributed by atoms with E-state index in [-0.39, 0.29) is 17.7 Å². The highest BCUT2D eigenvalue weighted by Gasteiger charge is 2.34. The van der Waals surface area contributed by atoms with Crippen LogP contribution in [0.3, 0.4) is 0 Å². The molecule has 2 fully saturated rings. The summed E-state index contributed by atoms with van der Waals surface area (Å²) < 4.78 is 0. The van der Waals surface area contributed by atoms with Crippen LogP contribution in [0.15, 0.2) is 48.7 Å². The van der Waals surface area contributed by atoms with Gasteiger partial charge in [0.2, 0.25) is 5.91 Å². The highest BCUT2D eigenvalue weighted by atomic mass is 16.2. The first-order valence-corrected chi connectivity index (χ1v) is 13.2. The van der Waals surface area contributed by atoms with E-state index in [0.29, 0.717) is 30.6 Å². The number of benzene rings is 2. The predicted molar refractivity (Wildman–Crippen MR) is 150 cm³/mol. The van der Waals surface area contributed by atoms with Crippen molar-refractivity contribution in [3.63, 3.8) is 0 Å². The lowest BCUT2D eigenvalue weighted by molar-refractivity contribution is -0.125. The predicted octanol–water partition coefficient (Wildman–Crippen LogP) is 4.50. The van der Waals surface area contributed by atoms with Crippen LogP contribution in [0.4, 0.5) is 5.69 Å². The lowest BCUT2D eigenvalue weighted by atomic mass is 9.88. The molecular weight excluding hydrogens is 462 g/mol. The molecule has 2 aromatic carbocycles. The van der Waals surface area contributed by atoms with Gasteiger partial charge in [0.1, 0.15) is 0 Å². The topological polar surface area (TPSA) is 88.5 Å². The van der Waals surface area contributed by atoms with Crippen LogP contribution in [0.25, 0.3) is 5.57 Å². The number of anilines is 1. The van der Waals surface area contributed by atoms with Gasteiger partial charge in [-0.2, -0.15) is 0 Å². The molecule has 4 rings (SSSR count). The first-order chi connectivity index (χ1) is 17.8. The van der Waals surface area contributed by atoms with E-state index in [0.717, 1.165) is 48.3 Å². The molecule has 7 heteroatoms. The number of rotatable bonds is 8. The maximum Gasteiger partial charge on any atom is 0.253 e. The van der Waals surface area contributed by atoms with E-state index in [1.165, 1.54) is 11.8 Å². The highest BCUT2D eigenvalue weighted by molar-refractivity contribution is 6.08. The average Bonchev–Trinajstić information content (AvgIpc) is 2.87. The van der Waals surface area contributed by atoms with E-state index in [2.05, 4.69) is 53.6 Å². The van der Waals surface area contributed by atoms with Crippen LogP contribution in [0, 0.1) is 18.3 Å². The van der Waals surface area contributed by atoms with Gasteiger partial charge in [0.05, 0.1) is 5.92 Å². The van der Waals surface area contributed by atoms with Gasteiger partial charge in [0.25, 0.3) is 5.91 Å². The molecule has 2 aliphatic heterocycles. The van der Waals surface area contributed by atoms with Gasteiger partial charge in [-0.1, -0.05) is 30.3 Å². The van der Waals surface area contributed by atoms with Crippen molar-refractivity contribution in [3.05, 3.63) is 70.9 Å². The number of aryl methyl sites for hydroxylation is 1. The molecule has 2 saturated heterocycles. The number of piperidine rings is 1. The van der Waals surface area contributed by atoms with Gasteiger partial charge in [-0.3, -0.25) is 14.5 Å². The molecule has 2 aromatic rings. The summed E-state index contributed by atoms with van der Waals surface area (Å²) in [6.45, 7) is 9.24. The van der Waals surface area contributed by atoms with Crippen molar-refractivity contribution in [2.75, 3.05) is 38.5 Å². The zero-order valence-corrected chi connectivity index (χ0v) is 22.4. The quantitative estimate of drug-likeness (QED) is 0.465. The third kappa shape index (κ3) is 6.10. The average molecular weight is 502 g/mol. The normalized spacial score (nSPS) is 17.4. The lowest BCUT2D eigenvalue weighted by Gasteiger charge is -2.41. The zero-order chi connectivity index (χ0) is 26.5. The van der Waals surface area contributed by atoms with E-state index >= 15 is 0 Å². The minimum Gasteiger partial charge on any atom is -0.393 e. The molecule has 0 bridgehead atoms.